The van der Waals surface area contributed by atoms with E-state index in [-0.39, 0.29) is 18.3 Å². The van der Waals surface area contributed by atoms with Crippen molar-refractivity contribution in [3.63, 3.8) is 0 Å². The van der Waals surface area contributed by atoms with Gasteiger partial charge in [0.1, 0.15) is 0 Å². The summed E-state index contributed by atoms with van der Waals surface area (Å²) in [6, 6.07) is 0. The summed E-state index contributed by atoms with van der Waals surface area (Å²) in [6.45, 7) is 2.13. The van der Waals surface area contributed by atoms with E-state index >= 15 is 0 Å². The van der Waals surface area contributed by atoms with Crippen LogP contribution in [0.3, 0.4) is 0 Å². The van der Waals surface area contributed by atoms with Crippen molar-refractivity contribution in [1.29, 1.82) is 0 Å². The molecule has 1 aliphatic carbocycles. The van der Waals surface area contributed by atoms with Crippen molar-refractivity contribution in [2.24, 2.45) is 11.8 Å². The van der Waals surface area contributed by atoms with E-state index in [2.05, 4.69) is 6.92 Å². The Morgan fingerprint density at radius 3 is 2.48 bits per heavy atom. The Morgan fingerprint density at radius 1 is 1.08 bits per heavy atom. The molecule has 0 aromatic rings. The molecule has 146 valence electrons. The van der Waals surface area contributed by atoms with Crippen molar-refractivity contribution >= 4 is 5.97 Å². The molecule has 1 saturated carbocycles. The zero-order valence-corrected chi connectivity index (χ0v) is 15.5. The SMILES string of the molecule is CCCCCC(O)C=C[C@@H]1C(CCCCCCC(=O)O)[C@H](O)C[C@@H]1O. The van der Waals surface area contributed by atoms with Crippen LogP contribution in [0.1, 0.15) is 77.6 Å². The highest BCUT2D eigenvalue weighted by molar-refractivity contribution is 5.66. The van der Waals surface area contributed by atoms with Crippen LogP contribution in [0.15, 0.2) is 12.2 Å². The summed E-state index contributed by atoms with van der Waals surface area (Å²) in [7, 11) is 0. The molecular weight excluding hydrogens is 320 g/mol. The average Bonchev–Trinajstić information content (AvgIpc) is 2.82. The van der Waals surface area contributed by atoms with Gasteiger partial charge in [-0.2, -0.15) is 0 Å². The fourth-order valence-corrected chi connectivity index (χ4v) is 3.74. The molecule has 2 unspecified atom stereocenters. The molecule has 0 heterocycles. The van der Waals surface area contributed by atoms with Crippen molar-refractivity contribution in [2.45, 2.75) is 95.9 Å². The van der Waals surface area contributed by atoms with E-state index in [1.165, 1.54) is 0 Å². The van der Waals surface area contributed by atoms with Crippen molar-refractivity contribution in [1.82, 2.24) is 0 Å². The first-order chi connectivity index (χ1) is 12.0. The molecule has 1 rings (SSSR count). The summed E-state index contributed by atoms with van der Waals surface area (Å²) in [4.78, 5) is 10.5. The molecule has 25 heavy (non-hydrogen) atoms. The lowest BCUT2D eigenvalue weighted by molar-refractivity contribution is -0.137. The van der Waals surface area contributed by atoms with Crippen LogP contribution in [0.4, 0.5) is 0 Å². The number of carboxylic acid groups (broad SMARTS) is 1. The monoisotopic (exact) mass is 356 g/mol. The predicted octanol–water partition coefficient (Wildman–Crippen LogP) is 3.27. The first-order valence-electron chi connectivity index (χ1n) is 9.90. The molecule has 0 aromatic carbocycles. The highest BCUT2D eigenvalue weighted by Crippen LogP contribution is 2.37. The minimum atomic E-state index is -0.753. The minimum Gasteiger partial charge on any atom is -0.481 e. The standard InChI is InChI=1S/C20H36O5/c1-2-3-6-9-15(21)12-13-17-16(18(22)14-19(17)23)10-7-4-5-8-11-20(24)25/h12-13,15-19,21-23H,2-11,14H2,1H3,(H,24,25)/t15?,16?,17-,18-,19+/m1/s1. The minimum absolute atomic E-state index is 0.0218. The third-order valence-electron chi connectivity index (χ3n) is 5.25. The lowest BCUT2D eigenvalue weighted by atomic mass is 9.88. The van der Waals surface area contributed by atoms with Gasteiger partial charge in [0.15, 0.2) is 0 Å². The number of hydrogen-bond donors (Lipinski definition) is 4. The number of aliphatic carboxylic acids is 1. The molecule has 0 amide bonds. The van der Waals surface area contributed by atoms with Crippen LogP contribution in [-0.4, -0.2) is 44.7 Å². The molecule has 1 fully saturated rings. The molecule has 0 bridgehead atoms. The van der Waals surface area contributed by atoms with E-state index in [1.54, 1.807) is 6.08 Å². The summed E-state index contributed by atoms with van der Waals surface area (Å²) in [5.74, 6) is -0.833. The predicted molar refractivity (Wildman–Crippen MR) is 98.2 cm³/mol. The van der Waals surface area contributed by atoms with Crippen LogP contribution >= 0.6 is 0 Å². The van der Waals surface area contributed by atoms with Crippen LogP contribution in [-0.2, 0) is 4.79 Å². The van der Waals surface area contributed by atoms with Crippen LogP contribution in [0.5, 0.6) is 0 Å². The largest absolute Gasteiger partial charge is 0.481 e. The summed E-state index contributed by atoms with van der Waals surface area (Å²) < 4.78 is 0. The number of aliphatic hydroxyl groups is 3. The van der Waals surface area contributed by atoms with Crippen LogP contribution < -0.4 is 0 Å². The number of aliphatic hydroxyl groups excluding tert-OH is 3. The van der Waals surface area contributed by atoms with Crippen molar-refractivity contribution < 1.29 is 25.2 Å². The molecule has 0 radical (unpaired) electrons. The molecule has 0 aromatic heterocycles. The highest BCUT2D eigenvalue weighted by Gasteiger charge is 2.39. The number of rotatable bonds is 13. The van der Waals surface area contributed by atoms with Gasteiger partial charge in [-0.15, -0.1) is 0 Å². The average molecular weight is 357 g/mol. The maximum atomic E-state index is 10.5. The van der Waals surface area contributed by atoms with Gasteiger partial charge in [-0.05, 0) is 25.2 Å². The summed E-state index contributed by atoms with van der Waals surface area (Å²) >= 11 is 0. The fraction of sp³-hybridized carbons (Fsp3) is 0.850. The van der Waals surface area contributed by atoms with E-state index in [0.29, 0.717) is 12.8 Å². The fourth-order valence-electron chi connectivity index (χ4n) is 3.74. The maximum Gasteiger partial charge on any atom is 0.303 e. The van der Waals surface area contributed by atoms with Crippen LogP contribution in [0, 0.1) is 11.8 Å². The smallest absolute Gasteiger partial charge is 0.303 e. The molecule has 0 aliphatic heterocycles. The number of unbranched alkanes of at least 4 members (excludes halogenated alkanes) is 5. The first kappa shape index (κ1) is 22.1. The summed E-state index contributed by atoms with van der Waals surface area (Å²) in [5.41, 5.74) is 0. The van der Waals surface area contributed by atoms with Crippen molar-refractivity contribution in [3.05, 3.63) is 12.2 Å². The van der Waals surface area contributed by atoms with E-state index < -0.39 is 24.3 Å². The number of carboxylic acids is 1. The lowest BCUT2D eigenvalue weighted by Crippen LogP contribution is -2.21. The Balaban J connectivity index is 2.38. The third kappa shape index (κ3) is 8.84. The Labute approximate surface area is 151 Å². The zero-order valence-electron chi connectivity index (χ0n) is 15.5. The molecule has 1 aliphatic rings. The van der Waals surface area contributed by atoms with Gasteiger partial charge in [0.25, 0.3) is 0 Å². The zero-order chi connectivity index (χ0) is 18.7. The van der Waals surface area contributed by atoms with Gasteiger partial charge < -0.3 is 20.4 Å². The van der Waals surface area contributed by atoms with E-state index in [0.717, 1.165) is 51.4 Å². The Hall–Kier alpha value is -0.910. The van der Waals surface area contributed by atoms with Gasteiger partial charge in [0.05, 0.1) is 18.3 Å². The topological polar surface area (TPSA) is 98.0 Å². The molecule has 5 nitrogen and oxygen atoms in total. The second kappa shape index (κ2) is 12.4. The van der Waals surface area contributed by atoms with Crippen LogP contribution in [0.25, 0.3) is 0 Å². The van der Waals surface area contributed by atoms with Crippen molar-refractivity contribution in [3.8, 4) is 0 Å². The normalized spacial score (nSPS) is 27.8. The molecule has 5 heteroatoms. The number of carbonyl (C=O) groups is 1. The molecule has 0 saturated heterocycles. The second-order valence-electron chi connectivity index (χ2n) is 7.41. The quantitative estimate of drug-likeness (QED) is 0.300. The van der Waals surface area contributed by atoms with Gasteiger partial charge in [0, 0.05) is 18.8 Å². The van der Waals surface area contributed by atoms with Gasteiger partial charge in [-0.3, -0.25) is 4.79 Å². The van der Waals surface area contributed by atoms with E-state index in [1.807, 2.05) is 6.08 Å². The molecule has 4 N–H and O–H groups in total. The molecular formula is C20H36O5. The van der Waals surface area contributed by atoms with Gasteiger partial charge in [-0.25, -0.2) is 0 Å². The van der Waals surface area contributed by atoms with E-state index in [9.17, 15) is 20.1 Å². The number of hydrogen-bond acceptors (Lipinski definition) is 4. The Bertz CT molecular complexity index is 396. The molecule has 5 atom stereocenters. The van der Waals surface area contributed by atoms with E-state index in [4.69, 9.17) is 5.11 Å². The van der Waals surface area contributed by atoms with Gasteiger partial charge in [0.2, 0.25) is 0 Å². The highest BCUT2D eigenvalue weighted by atomic mass is 16.4. The Morgan fingerprint density at radius 2 is 1.80 bits per heavy atom. The third-order valence-corrected chi connectivity index (χ3v) is 5.25. The second-order valence-corrected chi connectivity index (χ2v) is 7.41. The first-order valence-corrected chi connectivity index (χ1v) is 9.90. The molecule has 0 spiro atoms. The van der Waals surface area contributed by atoms with Gasteiger partial charge >= 0.3 is 5.97 Å². The van der Waals surface area contributed by atoms with Crippen LogP contribution in [0.2, 0.25) is 0 Å². The lowest BCUT2D eigenvalue weighted by Gasteiger charge is -2.21. The maximum absolute atomic E-state index is 10.5. The summed E-state index contributed by atoms with van der Waals surface area (Å²) in [6.07, 6.45) is 11.0. The Kier molecular flexibility index (Phi) is 11.0. The summed E-state index contributed by atoms with van der Waals surface area (Å²) in [5, 5.41) is 39.0. The van der Waals surface area contributed by atoms with Crippen molar-refractivity contribution in [2.75, 3.05) is 0 Å². The van der Waals surface area contributed by atoms with Gasteiger partial charge in [-0.1, -0.05) is 57.6 Å².